The number of nitrogens with one attached hydrogen (secondary N) is 1. The molecule has 0 heterocycles. The van der Waals surface area contributed by atoms with E-state index in [1.807, 2.05) is 19.1 Å². The van der Waals surface area contributed by atoms with E-state index in [0.29, 0.717) is 6.42 Å². The molecule has 0 aliphatic carbocycles. The molecule has 0 fully saturated rings. The maximum atomic E-state index is 11.6. The molecule has 1 rings (SSSR count). The van der Waals surface area contributed by atoms with E-state index in [0.717, 1.165) is 18.5 Å². The van der Waals surface area contributed by atoms with Gasteiger partial charge in [0.1, 0.15) is 0 Å². The van der Waals surface area contributed by atoms with Gasteiger partial charge < -0.3 is 5.32 Å². The molecule has 0 bridgehead atoms. The van der Waals surface area contributed by atoms with Gasteiger partial charge in [-0.1, -0.05) is 32.4 Å². The van der Waals surface area contributed by atoms with Crippen molar-refractivity contribution in [2.24, 2.45) is 0 Å². The zero-order chi connectivity index (χ0) is 12.7. The van der Waals surface area contributed by atoms with Crippen LogP contribution in [0.25, 0.3) is 0 Å². The van der Waals surface area contributed by atoms with E-state index in [-0.39, 0.29) is 5.91 Å². The van der Waals surface area contributed by atoms with Gasteiger partial charge in [0.25, 0.3) is 0 Å². The predicted molar refractivity (Wildman–Crippen MR) is 73.3 cm³/mol. The average Bonchev–Trinajstić information content (AvgIpc) is 2.28. The normalized spacial score (nSPS) is 10.3. The summed E-state index contributed by atoms with van der Waals surface area (Å²) in [4.78, 5) is 11.6. The van der Waals surface area contributed by atoms with E-state index in [1.54, 1.807) is 0 Å². The van der Waals surface area contributed by atoms with Crippen molar-refractivity contribution in [3.63, 3.8) is 0 Å². The van der Waals surface area contributed by atoms with Gasteiger partial charge in [-0.15, -0.1) is 0 Å². The smallest absolute Gasteiger partial charge is 0.224 e. The number of anilines is 1. The van der Waals surface area contributed by atoms with E-state index in [2.05, 4.69) is 25.2 Å². The van der Waals surface area contributed by atoms with Crippen molar-refractivity contribution < 1.29 is 4.79 Å². The highest BCUT2D eigenvalue weighted by molar-refractivity contribution is 5.91. The van der Waals surface area contributed by atoms with E-state index in [1.165, 1.54) is 24.0 Å². The van der Waals surface area contributed by atoms with Gasteiger partial charge in [0.2, 0.25) is 5.91 Å². The van der Waals surface area contributed by atoms with Gasteiger partial charge >= 0.3 is 0 Å². The zero-order valence-electron chi connectivity index (χ0n) is 11.2. The van der Waals surface area contributed by atoms with Gasteiger partial charge in [0.15, 0.2) is 0 Å². The fourth-order valence-electron chi connectivity index (χ4n) is 1.94. The van der Waals surface area contributed by atoms with Crippen LogP contribution in [-0.2, 0) is 11.2 Å². The van der Waals surface area contributed by atoms with E-state index in [4.69, 9.17) is 0 Å². The minimum Gasteiger partial charge on any atom is -0.326 e. The third-order valence-electron chi connectivity index (χ3n) is 2.94. The Balaban J connectivity index is 2.82. The van der Waals surface area contributed by atoms with Crippen LogP contribution < -0.4 is 5.32 Å². The summed E-state index contributed by atoms with van der Waals surface area (Å²) < 4.78 is 0. The number of benzene rings is 1. The fourth-order valence-corrected chi connectivity index (χ4v) is 1.94. The second-order valence-electron chi connectivity index (χ2n) is 4.50. The van der Waals surface area contributed by atoms with Gasteiger partial charge in [-0.25, -0.2) is 0 Å². The molecular formula is C15H23NO. The molecule has 0 aromatic heterocycles. The maximum Gasteiger partial charge on any atom is 0.224 e. The molecule has 17 heavy (non-hydrogen) atoms. The highest BCUT2D eigenvalue weighted by Gasteiger charge is 2.07. The molecule has 0 unspecified atom stereocenters. The summed E-state index contributed by atoms with van der Waals surface area (Å²) in [6, 6.07) is 6.12. The molecule has 1 amide bonds. The van der Waals surface area contributed by atoms with Crippen LogP contribution in [0, 0.1) is 6.92 Å². The summed E-state index contributed by atoms with van der Waals surface area (Å²) in [5.74, 6) is 0.121. The summed E-state index contributed by atoms with van der Waals surface area (Å²) in [5.41, 5.74) is 3.56. The summed E-state index contributed by atoms with van der Waals surface area (Å²) >= 11 is 0. The maximum absolute atomic E-state index is 11.6. The predicted octanol–water partition coefficient (Wildman–Crippen LogP) is 4.08. The van der Waals surface area contributed by atoms with Gasteiger partial charge in [0, 0.05) is 12.1 Å². The Bertz CT molecular complexity index is 371. The Labute approximate surface area is 104 Å². The largest absolute Gasteiger partial charge is 0.326 e. The summed E-state index contributed by atoms with van der Waals surface area (Å²) in [7, 11) is 0. The van der Waals surface area contributed by atoms with Gasteiger partial charge in [0.05, 0.1) is 0 Å². The molecule has 0 atom stereocenters. The number of unbranched alkanes of at least 4 members (excludes halogenated alkanes) is 1. The van der Waals surface area contributed by atoms with Crippen molar-refractivity contribution in [2.75, 3.05) is 5.32 Å². The Kier molecular flexibility index (Phi) is 5.75. The van der Waals surface area contributed by atoms with Crippen molar-refractivity contribution in [1.82, 2.24) is 0 Å². The lowest BCUT2D eigenvalue weighted by Crippen LogP contribution is -2.12. The number of aryl methyl sites for hydroxylation is 1. The minimum absolute atomic E-state index is 0.121. The lowest BCUT2D eigenvalue weighted by Gasteiger charge is -2.13. The first-order valence-corrected chi connectivity index (χ1v) is 6.57. The van der Waals surface area contributed by atoms with Gasteiger partial charge in [-0.05, 0) is 43.4 Å². The Morgan fingerprint density at radius 3 is 2.65 bits per heavy atom. The second kappa shape index (κ2) is 7.10. The van der Waals surface area contributed by atoms with E-state index >= 15 is 0 Å². The van der Waals surface area contributed by atoms with Crippen molar-refractivity contribution in [1.29, 1.82) is 0 Å². The molecule has 0 spiro atoms. The SMILES string of the molecule is CCCCc1c(C)cccc1NC(=O)CCC. The Morgan fingerprint density at radius 1 is 1.24 bits per heavy atom. The Hall–Kier alpha value is -1.31. The monoisotopic (exact) mass is 233 g/mol. The highest BCUT2D eigenvalue weighted by Crippen LogP contribution is 2.22. The molecular weight excluding hydrogens is 210 g/mol. The molecule has 0 saturated heterocycles. The van der Waals surface area contributed by atoms with Crippen LogP contribution in [0.15, 0.2) is 18.2 Å². The lowest BCUT2D eigenvalue weighted by atomic mass is 10.0. The van der Waals surface area contributed by atoms with E-state index in [9.17, 15) is 4.79 Å². The molecule has 0 aliphatic heterocycles. The third-order valence-corrected chi connectivity index (χ3v) is 2.94. The minimum atomic E-state index is 0.121. The van der Waals surface area contributed by atoms with Crippen molar-refractivity contribution >= 4 is 11.6 Å². The average molecular weight is 233 g/mol. The van der Waals surface area contributed by atoms with Crippen LogP contribution in [0.1, 0.15) is 50.7 Å². The van der Waals surface area contributed by atoms with E-state index < -0.39 is 0 Å². The quantitative estimate of drug-likeness (QED) is 0.788. The molecule has 0 saturated carbocycles. The topological polar surface area (TPSA) is 29.1 Å². The number of rotatable bonds is 6. The molecule has 2 heteroatoms. The van der Waals surface area contributed by atoms with Gasteiger partial charge in [-0.3, -0.25) is 4.79 Å². The van der Waals surface area contributed by atoms with Crippen LogP contribution in [0.5, 0.6) is 0 Å². The van der Waals surface area contributed by atoms with Crippen LogP contribution in [0.2, 0.25) is 0 Å². The number of carbonyl (C=O) groups excluding carboxylic acids is 1. The van der Waals surface area contributed by atoms with Crippen LogP contribution in [-0.4, -0.2) is 5.91 Å². The number of amides is 1. The van der Waals surface area contributed by atoms with Crippen LogP contribution >= 0.6 is 0 Å². The first-order chi connectivity index (χ1) is 8.19. The number of carbonyl (C=O) groups is 1. The first kappa shape index (κ1) is 13.8. The van der Waals surface area contributed by atoms with Crippen molar-refractivity contribution in [3.05, 3.63) is 29.3 Å². The van der Waals surface area contributed by atoms with Crippen molar-refractivity contribution in [3.8, 4) is 0 Å². The summed E-state index contributed by atoms with van der Waals surface area (Å²) in [6.07, 6.45) is 4.88. The summed E-state index contributed by atoms with van der Waals surface area (Å²) in [5, 5.41) is 3.02. The molecule has 0 radical (unpaired) electrons. The third kappa shape index (κ3) is 4.22. The number of hydrogen-bond acceptors (Lipinski definition) is 1. The molecule has 94 valence electrons. The second-order valence-corrected chi connectivity index (χ2v) is 4.50. The standard InChI is InChI=1S/C15H23NO/c1-4-6-10-13-12(3)9-7-11-14(13)16-15(17)8-5-2/h7,9,11H,4-6,8,10H2,1-3H3,(H,16,17). The first-order valence-electron chi connectivity index (χ1n) is 6.57. The molecule has 1 N–H and O–H groups in total. The Morgan fingerprint density at radius 2 is 2.00 bits per heavy atom. The fraction of sp³-hybridized carbons (Fsp3) is 0.533. The highest BCUT2D eigenvalue weighted by atomic mass is 16.1. The lowest BCUT2D eigenvalue weighted by molar-refractivity contribution is -0.116. The van der Waals surface area contributed by atoms with Crippen molar-refractivity contribution in [2.45, 2.75) is 52.9 Å². The van der Waals surface area contributed by atoms with Crippen LogP contribution in [0.4, 0.5) is 5.69 Å². The van der Waals surface area contributed by atoms with Gasteiger partial charge in [-0.2, -0.15) is 0 Å². The molecule has 0 aliphatic rings. The molecule has 2 nitrogen and oxygen atoms in total. The van der Waals surface area contributed by atoms with Crippen LogP contribution in [0.3, 0.4) is 0 Å². The summed E-state index contributed by atoms with van der Waals surface area (Å²) in [6.45, 7) is 6.32. The zero-order valence-corrected chi connectivity index (χ0v) is 11.2. The number of hydrogen-bond donors (Lipinski definition) is 1. The molecule has 1 aromatic carbocycles. The molecule has 1 aromatic rings.